The van der Waals surface area contributed by atoms with Crippen LogP contribution in [0.15, 0.2) is 47.3 Å². The van der Waals surface area contributed by atoms with Crippen LogP contribution < -0.4 is 15.6 Å². The molecule has 1 aliphatic heterocycles. The molecule has 0 spiro atoms. The Morgan fingerprint density at radius 2 is 2.03 bits per heavy atom. The predicted octanol–water partition coefficient (Wildman–Crippen LogP) is 4.17. The van der Waals surface area contributed by atoms with Crippen molar-refractivity contribution >= 4 is 22.4 Å². The highest BCUT2D eigenvalue weighted by atomic mass is 16.5. The van der Waals surface area contributed by atoms with Crippen molar-refractivity contribution in [2.45, 2.75) is 46.3 Å². The summed E-state index contributed by atoms with van der Waals surface area (Å²) in [6, 6.07) is 12.7. The maximum absolute atomic E-state index is 13.3. The van der Waals surface area contributed by atoms with E-state index in [4.69, 9.17) is 9.47 Å². The van der Waals surface area contributed by atoms with Crippen LogP contribution >= 0.6 is 0 Å². The van der Waals surface area contributed by atoms with Crippen LogP contribution in [0.4, 0.5) is 5.69 Å². The van der Waals surface area contributed by atoms with Crippen molar-refractivity contribution in [3.63, 3.8) is 0 Å². The molecule has 0 bridgehead atoms. The molecule has 0 radical (unpaired) electrons. The molecule has 1 amide bonds. The van der Waals surface area contributed by atoms with Gasteiger partial charge >= 0.3 is 0 Å². The van der Waals surface area contributed by atoms with Gasteiger partial charge < -0.3 is 14.8 Å². The summed E-state index contributed by atoms with van der Waals surface area (Å²) in [5, 5.41) is 8.37. The van der Waals surface area contributed by atoms with Gasteiger partial charge in [0.15, 0.2) is 5.69 Å². The molecule has 0 aliphatic carbocycles. The van der Waals surface area contributed by atoms with Gasteiger partial charge in [0.1, 0.15) is 12.4 Å². The molecule has 1 atom stereocenters. The highest BCUT2D eigenvalue weighted by Crippen LogP contribution is 2.28. The van der Waals surface area contributed by atoms with Crippen molar-refractivity contribution in [1.82, 2.24) is 9.78 Å². The summed E-state index contributed by atoms with van der Waals surface area (Å²) in [6.45, 7) is 7.62. The van der Waals surface area contributed by atoms with E-state index in [1.807, 2.05) is 39.0 Å². The first-order valence-electron chi connectivity index (χ1n) is 11.1. The summed E-state index contributed by atoms with van der Waals surface area (Å²) >= 11 is 0. The molecule has 4 rings (SSSR count). The maximum Gasteiger partial charge on any atom is 0.276 e. The molecule has 32 heavy (non-hydrogen) atoms. The number of amides is 1. The minimum atomic E-state index is -0.385. The summed E-state index contributed by atoms with van der Waals surface area (Å²) < 4.78 is 13.0. The fourth-order valence-electron chi connectivity index (χ4n) is 3.86. The first-order valence-corrected chi connectivity index (χ1v) is 11.1. The third-order valence-electron chi connectivity index (χ3n) is 5.45. The van der Waals surface area contributed by atoms with E-state index in [1.165, 1.54) is 4.68 Å². The van der Waals surface area contributed by atoms with E-state index in [2.05, 4.69) is 10.4 Å². The number of carbonyl (C=O) groups excluding carboxylic acids is 1. The zero-order valence-electron chi connectivity index (χ0n) is 18.8. The van der Waals surface area contributed by atoms with Gasteiger partial charge in [-0.2, -0.15) is 5.10 Å². The Hall–Kier alpha value is -3.19. The van der Waals surface area contributed by atoms with E-state index in [9.17, 15) is 9.59 Å². The summed E-state index contributed by atoms with van der Waals surface area (Å²) in [5.41, 5.74) is 1.61. The fraction of sp³-hybridized carbons (Fsp3) is 0.400. The van der Waals surface area contributed by atoms with E-state index >= 15 is 0 Å². The van der Waals surface area contributed by atoms with Gasteiger partial charge in [0, 0.05) is 18.5 Å². The van der Waals surface area contributed by atoms with E-state index < -0.39 is 0 Å². The summed E-state index contributed by atoms with van der Waals surface area (Å²) in [7, 11) is 0. The molecule has 7 heteroatoms. The van der Waals surface area contributed by atoms with Crippen LogP contribution in [0, 0.1) is 12.8 Å². The second-order valence-electron chi connectivity index (χ2n) is 8.68. The van der Waals surface area contributed by atoms with Gasteiger partial charge in [-0.25, -0.2) is 4.68 Å². The fourth-order valence-corrected chi connectivity index (χ4v) is 3.86. The maximum atomic E-state index is 13.3. The van der Waals surface area contributed by atoms with Crippen LogP contribution in [0.25, 0.3) is 10.8 Å². The summed E-state index contributed by atoms with van der Waals surface area (Å²) in [5.74, 6) is 0.422. The molecule has 168 valence electrons. The van der Waals surface area contributed by atoms with Crippen LogP contribution in [-0.4, -0.2) is 35.0 Å². The van der Waals surface area contributed by atoms with Crippen LogP contribution in [0.2, 0.25) is 0 Å². The number of nitrogens with zero attached hydrogens (tertiary/aromatic N) is 2. The largest absolute Gasteiger partial charge is 0.489 e. The van der Waals surface area contributed by atoms with Gasteiger partial charge in [0.2, 0.25) is 0 Å². The number of benzene rings is 2. The van der Waals surface area contributed by atoms with E-state index in [0.29, 0.717) is 35.4 Å². The molecule has 1 N–H and O–H groups in total. The molecule has 0 saturated carbocycles. The van der Waals surface area contributed by atoms with Gasteiger partial charge in [0.25, 0.3) is 11.5 Å². The SMILES string of the molecule is Cc1ccc(NC(=O)c2nn(CC(C)C)c(=O)c3ccccc23)c(OCC2CCCO2)c1. The van der Waals surface area contributed by atoms with Crippen molar-refractivity contribution in [1.29, 1.82) is 0 Å². The number of anilines is 1. The minimum absolute atomic E-state index is 0.0734. The second-order valence-corrected chi connectivity index (χ2v) is 8.68. The third kappa shape index (κ3) is 4.83. The second kappa shape index (κ2) is 9.53. The molecule has 2 aromatic carbocycles. The average molecular weight is 436 g/mol. The highest BCUT2D eigenvalue weighted by molar-refractivity contribution is 6.11. The number of nitrogens with one attached hydrogen (secondary N) is 1. The Kier molecular flexibility index (Phi) is 6.55. The smallest absolute Gasteiger partial charge is 0.276 e. The molecule has 7 nitrogen and oxygen atoms in total. The summed E-state index contributed by atoms with van der Waals surface area (Å²) in [6.07, 6.45) is 2.08. The first kappa shape index (κ1) is 22.0. The number of aromatic nitrogens is 2. The number of rotatable bonds is 7. The Morgan fingerprint density at radius 1 is 1.25 bits per heavy atom. The number of fused-ring (bicyclic) bond motifs is 1. The standard InChI is InChI=1S/C25H29N3O4/c1-16(2)14-28-25(30)20-9-5-4-8-19(20)23(27-28)24(29)26-21-11-10-17(3)13-22(21)32-15-18-7-6-12-31-18/h4-5,8-11,13,16,18H,6-7,12,14-15H2,1-3H3,(H,26,29). The highest BCUT2D eigenvalue weighted by Gasteiger charge is 2.20. The lowest BCUT2D eigenvalue weighted by Crippen LogP contribution is -2.29. The molecule has 1 unspecified atom stereocenters. The van der Waals surface area contributed by atoms with Gasteiger partial charge in [-0.15, -0.1) is 0 Å². The molecule has 3 aromatic rings. The number of ether oxygens (including phenoxy) is 2. The third-order valence-corrected chi connectivity index (χ3v) is 5.45. The zero-order valence-corrected chi connectivity index (χ0v) is 18.8. The lowest BCUT2D eigenvalue weighted by atomic mass is 10.1. The Bertz CT molecular complexity index is 1180. The Balaban J connectivity index is 1.65. The predicted molar refractivity (Wildman–Crippen MR) is 124 cm³/mol. The van der Waals surface area contributed by atoms with Crippen molar-refractivity contribution in [2.24, 2.45) is 5.92 Å². The number of hydrogen-bond acceptors (Lipinski definition) is 5. The molecular weight excluding hydrogens is 406 g/mol. The van der Waals surface area contributed by atoms with Crippen molar-refractivity contribution < 1.29 is 14.3 Å². The average Bonchev–Trinajstić information content (AvgIpc) is 3.29. The van der Waals surface area contributed by atoms with Crippen molar-refractivity contribution in [2.75, 3.05) is 18.5 Å². The Labute approximate surface area is 187 Å². The summed E-state index contributed by atoms with van der Waals surface area (Å²) in [4.78, 5) is 26.1. The van der Waals surface area contributed by atoms with E-state index in [-0.39, 0.29) is 29.2 Å². The Morgan fingerprint density at radius 3 is 2.75 bits per heavy atom. The monoisotopic (exact) mass is 435 g/mol. The molecule has 1 fully saturated rings. The molecular formula is C25H29N3O4. The van der Waals surface area contributed by atoms with Crippen molar-refractivity contribution in [3.05, 3.63) is 64.1 Å². The minimum Gasteiger partial charge on any atom is -0.489 e. The first-order chi connectivity index (χ1) is 15.4. The van der Waals surface area contributed by atoms with Gasteiger partial charge in [-0.05, 0) is 49.4 Å². The topological polar surface area (TPSA) is 82.5 Å². The van der Waals surface area contributed by atoms with Gasteiger partial charge in [-0.3, -0.25) is 9.59 Å². The lowest BCUT2D eigenvalue weighted by molar-refractivity contribution is 0.0681. The molecule has 1 aromatic heterocycles. The molecule has 1 saturated heterocycles. The zero-order chi connectivity index (χ0) is 22.7. The van der Waals surface area contributed by atoms with Crippen LogP contribution in [0.5, 0.6) is 5.75 Å². The quantitative estimate of drug-likeness (QED) is 0.602. The van der Waals surface area contributed by atoms with E-state index in [0.717, 1.165) is 25.0 Å². The molecule has 1 aliphatic rings. The molecule has 2 heterocycles. The van der Waals surface area contributed by atoms with Crippen LogP contribution in [0.3, 0.4) is 0 Å². The number of carbonyl (C=O) groups is 1. The van der Waals surface area contributed by atoms with Crippen LogP contribution in [0.1, 0.15) is 42.7 Å². The van der Waals surface area contributed by atoms with Crippen molar-refractivity contribution in [3.8, 4) is 5.75 Å². The normalized spacial score (nSPS) is 15.9. The number of hydrogen-bond donors (Lipinski definition) is 1. The number of aryl methyl sites for hydroxylation is 1. The van der Waals surface area contributed by atoms with Crippen LogP contribution in [-0.2, 0) is 11.3 Å². The lowest BCUT2D eigenvalue weighted by Gasteiger charge is -2.17. The van der Waals surface area contributed by atoms with Gasteiger partial charge in [-0.1, -0.05) is 38.1 Å². The van der Waals surface area contributed by atoms with E-state index in [1.54, 1.807) is 24.3 Å². The van der Waals surface area contributed by atoms with Gasteiger partial charge in [0.05, 0.1) is 17.2 Å².